The fourth-order valence-electron chi connectivity index (χ4n) is 1.77. The van der Waals surface area contributed by atoms with Crippen LogP contribution in [0.3, 0.4) is 0 Å². The number of carbonyl (C=O) groups excluding carboxylic acids is 1. The van der Waals surface area contributed by atoms with Crippen LogP contribution < -0.4 is 10.7 Å². The molecule has 0 aliphatic heterocycles. The number of hydrogen-bond donors (Lipinski definition) is 2. The summed E-state index contributed by atoms with van der Waals surface area (Å²) in [5.74, 6) is -0.261. The molecule has 0 saturated heterocycles. The summed E-state index contributed by atoms with van der Waals surface area (Å²) in [4.78, 5) is 11.7. The van der Waals surface area contributed by atoms with Gasteiger partial charge >= 0.3 is 0 Å². The van der Waals surface area contributed by atoms with Gasteiger partial charge in [0.15, 0.2) is 0 Å². The van der Waals surface area contributed by atoms with Crippen molar-refractivity contribution in [1.82, 2.24) is 5.43 Å². The van der Waals surface area contributed by atoms with E-state index in [2.05, 4.69) is 15.8 Å². The Morgan fingerprint density at radius 2 is 1.86 bits per heavy atom. The van der Waals surface area contributed by atoms with Crippen LogP contribution in [0.5, 0.6) is 0 Å². The number of halogens is 2. The van der Waals surface area contributed by atoms with Crippen LogP contribution in [0.15, 0.2) is 47.6 Å². The van der Waals surface area contributed by atoms with Gasteiger partial charge in [0.05, 0.1) is 12.8 Å². The number of rotatable bonds is 5. The average Bonchev–Trinajstić information content (AvgIpc) is 2.51. The topological polar surface area (TPSA) is 53.5 Å². The van der Waals surface area contributed by atoms with Crippen molar-refractivity contribution < 1.29 is 4.79 Å². The summed E-state index contributed by atoms with van der Waals surface area (Å²) >= 11 is 12.0. The third-order valence-electron chi connectivity index (χ3n) is 3.01. The summed E-state index contributed by atoms with van der Waals surface area (Å²) in [6, 6.07) is 12.7. The van der Waals surface area contributed by atoms with Gasteiger partial charge in [-0.2, -0.15) is 5.10 Å². The molecule has 0 heterocycles. The van der Waals surface area contributed by atoms with Crippen molar-refractivity contribution in [2.24, 2.45) is 5.10 Å². The standard InChI is InChI=1S/C16H15Cl2N3O/c1-11-13(17)7-4-8-15(11)19-10-16(22)21-20-9-12-5-2-3-6-14(12)18/h2-9,19H,10H2,1H3,(H,21,22)/b20-9+. The van der Waals surface area contributed by atoms with Gasteiger partial charge in [-0.3, -0.25) is 4.79 Å². The van der Waals surface area contributed by atoms with Crippen LogP contribution in [0.4, 0.5) is 5.69 Å². The number of anilines is 1. The van der Waals surface area contributed by atoms with Gasteiger partial charge in [0.2, 0.25) is 0 Å². The molecule has 0 aromatic heterocycles. The minimum Gasteiger partial charge on any atom is -0.376 e. The molecular formula is C16H15Cl2N3O. The molecule has 2 aromatic carbocycles. The fraction of sp³-hybridized carbons (Fsp3) is 0.125. The van der Waals surface area contributed by atoms with Gasteiger partial charge < -0.3 is 5.32 Å². The first-order chi connectivity index (χ1) is 10.6. The van der Waals surface area contributed by atoms with E-state index in [1.165, 1.54) is 6.21 Å². The number of hydrogen-bond acceptors (Lipinski definition) is 3. The van der Waals surface area contributed by atoms with E-state index in [0.717, 1.165) is 16.8 Å². The summed E-state index contributed by atoms with van der Waals surface area (Å²) in [5.41, 5.74) is 4.89. The molecule has 0 unspecified atom stereocenters. The van der Waals surface area contributed by atoms with Crippen molar-refractivity contribution in [2.75, 3.05) is 11.9 Å². The van der Waals surface area contributed by atoms with Crippen LogP contribution in [0, 0.1) is 6.92 Å². The van der Waals surface area contributed by atoms with Gasteiger partial charge in [-0.25, -0.2) is 5.43 Å². The highest BCUT2D eigenvalue weighted by Crippen LogP contribution is 2.22. The minimum atomic E-state index is -0.261. The van der Waals surface area contributed by atoms with E-state index >= 15 is 0 Å². The van der Waals surface area contributed by atoms with Gasteiger partial charge in [0, 0.05) is 21.3 Å². The molecule has 0 atom stereocenters. The fourth-order valence-corrected chi connectivity index (χ4v) is 2.13. The zero-order chi connectivity index (χ0) is 15.9. The number of amides is 1. The zero-order valence-electron chi connectivity index (χ0n) is 11.9. The molecule has 0 bridgehead atoms. The summed E-state index contributed by atoms with van der Waals surface area (Å²) in [6.45, 7) is 1.99. The number of benzene rings is 2. The first-order valence-electron chi connectivity index (χ1n) is 6.63. The molecule has 0 fully saturated rings. The lowest BCUT2D eigenvalue weighted by molar-refractivity contribution is -0.119. The van der Waals surface area contributed by atoms with Gasteiger partial charge in [-0.05, 0) is 30.7 Å². The third-order valence-corrected chi connectivity index (χ3v) is 3.76. The second-order valence-electron chi connectivity index (χ2n) is 4.58. The largest absolute Gasteiger partial charge is 0.376 e. The zero-order valence-corrected chi connectivity index (χ0v) is 13.4. The van der Waals surface area contributed by atoms with E-state index in [0.29, 0.717) is 10.0 Å². The van der Waals surface area contributed by atoms with E-state index < -0.39 is 0 Å². The van der Waals surface area contributed by atoms with Crippen molar-refractivity contribution in [3.63, 3.8) is 0 Å². The average molecular weight is 336 g/mol. The second kappa shape index (κ2) is 7.82. The summed E-state index contributed by atoms with van der Waals surface area (Å²) in [7, 11) is 0. The van der Waals surface area contributed by atoms with Gasteiger partial charge in [0.25, 0.3) is 5.91 Å². The molecule has 22 heavy (non-hydrogen) atoms. The molecule has 0 aliphatic carbocycles. The molecule has 2 rings (SSSR count). The summed E-state index contributed by atoms with van der Waals surface area (Å²) in [6.07, 6.45) is 1.50. The number of nitrogens with zero attached hydrogens (tertiary/aromatic N) is 1. The van der Waals surface area contributed by atoms with E-state index in [9.17, 15) is 4.79 Å². The van der Waals surface area contributed by atoms with Crippen molar-refractivity contribution in [3.8, 4) is 0 Å². The molecule has 0 aliphatic rings. The predicted octanol–water partition coefficient (Wildman–Crippen LogP) is 3.86. The first-order valence-corrected chi connectivity index (χ1v) is 7.39. The van der Waals surface area contributed by atoms with E-state index in [-0.39, 0.29) is 12.5 Å². The first kappa shape index (κ1) is 16.3. The highest BCUT2D eigenvalue weighted by atomic mass is 35.5. The van der Waals surface area contributed by atoms with Crippen molar-refractivity contribution in [3.05, 3.63) is 63.6 Å². The van der Waals surface area contributed by atoms with Crippen molar-refractivity contribution >= 4 is 41.0 Å². The van der Waals surface area contributed by atoms with Crippen molar-refractivity contribution in [1.29, 1.82) is 0 Å². The van der Waals surface area contributed by atoms with Gasteiger partial charge in [-0.1, -0.05) is 47.5 Å². The monoisotopic (exact) mass is 335 g/mol. The van der Waals surface area contributed by atoms with Gasteiger partial charge in [-0.15, -0.1) is 0 Å². The summed E-state index contributed by atoms with van der Waals surface area (Å²) in [5, 5.41) is 8.13. The normalized spacial score (nSPS) is 10.7. The Hall–Kier alpha value is -2.04. The Morgan fingerprint density at radius 1 is 1.14 bits per heavy atom. The molecule has 6 heteroatoms. The molecule has 114 valence electrons. The predicted molar refractivity (Wildman–Crippen MR) is 91.9 cm³/mol. The SMILES string of the molecule is Cc1c(Cl)cccc1NCC(=O)N/N=C/c1ccccc1Cl. The summed E-state index contributed by atoms with van der Waals surface area (Å²) < 4.78 is 0. The number of hydrazone groups is 1. The Bertz CT molecular complexity index is 702. The van der Waals surface area contributed by atoms with Crippen LogP contribution in [0.25, 0.3) is 0 Å². The molecule has 0 radical (unpaired) electrons. The smallest absolute Gasteiger partial charge is 0.259 e. The Balaban J connectivity index is 1.86. The van der Waals surface area contributed by atoms with Crippen molar-refractivity contribution in [2.45, 2.75) is 6.92 Å². The molecule has 2 N–H and O–H groups in total. The number of carbonyl (C=O) groups is 1. The molecular weight excluding hydrogens is 321 g/mol. The van der Waals surface area contributed by atoms with Crippen LogP contribution in [0.2, 0.25) is 10.0 Å². The van der Waals surface area contributed by atoms with E-state index in [1.54, 1.807) is 12.1 Å². The number of nitrogens with one attached hydrogen (secondary N) is 2. The maximum Gasteiger partial charge on any atom is 0.259 e. The highest BCUT2D eigenvalue weighted by Gasteiger charge is 2.04. The second-order valence-corrected chi connectivity index (χ2v) is 5.40. The lowest BCUT2D eigenvalue weighted by Gasteiger charge is -2.09. The van der Waals surface area contributed by atoms with E-state index in [4.69, 9.17) is 23.2 Å². The third kappa shape index (κ3) is 4.48. The lowest BCUT2D eigenvalue weighted by Crippen LogP contribution is -2.26. The molecule has 1 amide bonds. The lowest BCUT2D eigenvalue weighted by atomic mass is 10.2. The quantitative estimate of drug-likeness (QED) is 0.643. The molecule has 4 nitrogen and oxygen atoms in total. The Morgan fingerprint density at radius 3 is 2.64 bits per heavy atom. The van der Waals surface area contributed by atoms with Crippen LogP contribution in [-0.4, -0.2) is 18.7 Å². The van der Waals surface area contributed by atoms with Crippen LogP contribution in [0.1, 0.15) is 11.1 Å². The molecule has 2 aromatic rings. The highest BCUT2D eigenvalue weighted by molar-refractivity contribution is 6.33. The minimum absolute atomic E-state index is 0.0983. The van der Waals surface area contributed by atoms with E-state index in [1.807, 2.05) is 37.3 Å². The molecule has 0 spiro atoms. The Labute approximate surface area is 139 Å². The van der Waals surface area contributed by atoms with Crippen LogP contribution >= 0.6 is 23.2 Å². The maximum absolute atomic E-state index is 11.7. The molecule has 0 saturated carbocycles. The maximum atomic E-state index is 11.7. The van der Waals surface area contributed by atoms with Crippen LogP contribution in [-0.2, 0) is 4.79 Å². The van der Waals surface area contributed by atoms with Gasteiger partial charge in [0.1, 0.15) is 0 Å². The Kier molecular flexibility index (Phi) is 5.81.